The quantitative estimate of drug-likeness (QED) is 0.552. The molecule has 2 aromatic carbocycles. The molecule has 2 amide bonds. The largest absolute Gasteiger partial charge is 0.480 e. The van der Waals surface area contributed by atoms with Crippen LogP contribution in [-0.2, 0) is 14.3 Å². The van der Waals surface area contributed by atoms with Crippen LogP contribution in [0.4, 0.5) is 4.79 Å². The summed E-state index contributed by atoms with van der Waals surface area (Å²) in [7, 11) is 0. The predicted octanol–water partition coefficient (Wildman–Crippen LogP) is 4.31. The zero-order valence-corrected chi connectivity index (χ0v) is 20.0. The van der Waals surface area contributed by atoms with E-state index in [-0.39, 0.29) is 36.2 Å². The van der Waals surface area contributed by atoms with Crippen molar-refractivity contribution in [3.63, 3.8) is 0 Å². The Labute approximate surface area is 205 Å². The van der Waals surface area contributed by atoms with Crippen LogP contribution in [0.25, 0.3) is 11.1 Å². The summed E-state index contributed by atoms with van der Waals surface area (Å²) < 4.78 is 5.57. The summed E-state index contributed by atoms with van der Waals surface area (Å²) >= 11 is 0. The lowest BCUT2D eigenvalue weighted by molar-refractivity contribution is -0.150. The summed E-state index contributed by atoms with van der Waals surface area (Å²) in [5, 5.41) is 15.4. The lowest BCUT2D eigenvalue weighted by Gasteiger charge is -2.37. The van der Waals surface area contributed by atoms with Crippen LogP contribution >= 0.6 is 0 Å². The van der Waals surface area contributed by atoms with Gasteiger partial charge in [0.05, 0.1) is 0 Å². The lowest BCUT2D eigenvalue weighted by atomic mass is 9.76. The minimum atomic E-state index is -1.16. The van der Waals surface area contributed by atoms with E-state index in [1.165, 1.54) is 11.1 Å². The van der Waals surface area contributed by atoms with Crippen molar-refractivity contribution in [3.8, 4) is 11.1 Å². The van der Waals surface area contributed by atoms with Gasteiger partial charge in [0, 0.05) is 18.4 Å². The molecule has 0 aromatic heterocycles. The molecule has 0 aliphatic heterocycles. The fourth-order valence-electron chi connectivity index (χ4n) is 5.90. The van der Waals surface area contributed by atoms with Crippen LogP contribution in [-0.4, -0.2) is 41.8 Å². The fourth-order valence-corrected chi connectivity index (χ4v) is 5.90. The van der Waals surface area contributed by atoms with Crippen molar-refractivity contribution in [1.82, 2.24) is 10.6 Å². The van der Waals surface area contributed by atoms with Crippen molar-refractivity contribution in [1.29, 1.82) is 0 Å². The van der Waals surface area contributed by atoms with E-state index >= 15 is 0 Å². The smallest absolute Gasteiger partial charge is 0.407 e. The molecule has 0 bridgehead atoms. The summed E-state index contributed by atoms with van der Waals surface area (Å²) in [6.45, 7) is 2.61. The van der Waals surface area contributed by atoms with Crippen LogP contribution in [0.3, 0.4) is 0 Å². The third-order valence-corrected chi connectivity index (χ3v) is 7.88. The number of rotatable bonds is 7. The van der Waals surface area contributed by atoms with E-state index in [1.807, 2.05) is 31.2 Å². The van der Waals surface area contributed by atoms with E-state index in [2.05, 4.69) is 34.9 Å². The van der Waals surface area contributed by atoms with Gasteiger partial charge in [0.25, 0.3) is 0 Å². The van der Waals surface area contributed by atoms with Gasteiger partial charge in [-0.3, -0.25) is 4.79 Å². The van der Waals surface area contributed by atoms with Crippen LogP contribution in [0.1, 0.15) is 56.1 Å². The normalized spacial score (nSPS) is 26.8. The van der Waals surface area contributed by atoms with Crippen molar-refractivity contribution in [2.24, 2.45) is 17.8 Å². The topological polar surface area (TPSA) is 105 Å². The highest BCUT2D eigenvalue weighted by molar-refractivity contribution is 5.89. The van der Waals surface area contributed by atoms with E-state index in [0.29, 0.717) is 25.8 Å². The number of amides is 2. The SMILES string of the molecule is CC1CCCC(NC(=O)[C@H]2C[C@H]2CNC(=O)OCC2c3ccccc3-c3ccccc32)(C(=O)O)C1. The fraction of sp³-hybridized carbons (Fsp3) is 0.464. The standard InChI is InChI=1S/C28H32N2O5/c1-17-7-6-12-28(14-17,26(32)33)30-25(31)23-13-18(23)15-29-27(34)35-16-24-21-10-4-2-8-19(21)20-9-3-5-11-22(20)24/h2-5,8-11,17-18,23-24H,6-7,12-16H2,1H3,(H,29,34)(H,30,31)(H,32,33)/t17?,18-,23-,28?/m0/s1. The summed E-state index contributed by atoms with van der Waals surface area (Å²) in [4.78, 5) is 37.1. The second kappa shape index (κ2) is 9.36. The molecule has 0 spiro atoms. The Balaban J connectivity index is 1.11. The summed E-state index contributed by atoms with van der Waals surface area (Å²) in [6.07, 6.45) is 2.85. The van der Waals surface area contributed by atoms with Crippen LogP contribution in [0.5, 0.6) is 0 Å². The second-order valence-corrected chi connectivity index (χ2v) is 10.4. The molecule has 2 unspecified atom stereocenters. The zero-order chi connectivity index (χ0) is 24.6. The number of carbonyl (C=O) groups excluding carboxylic acids is 2. The highest BCUT2D eigenvalue weighted by atomic mass is 16.5. The highest BCUT2D eigenvalue weighted by Gasteiger charge is 2.49. The monoisotopic (exact) mass is 476 g/mol. The molecule has 0 radical (unpaired) electrons. The number of ether oxygens (including phenoxy) is 1. The number of carbonyl (C=O) groups is 3. The molecule has 35 heavy (non-hydrogen) atoms. The Kier molecular flexibility index (Phi) is 6.26. The predicted molar refractivity (Wildman–Crippen MR) is 131 cm³/mol. The number of carboxylic acids is 1. The summed E-state index contributed by atoms with van der Waals surface area (Å²) in [5.41, 5.74) is 3.50. The lowest BCUT2D eigenvalue weighted by Crippen LogP contribution is -2.57. The number of hydrogen-bond donors (Lipinski definition) is 3. The van der Waals surface area contributed by atoms with E-state index in [9.17, 15) is 19.5 Å². The first-order valence-corrected chi connectivity index (χ1v) is 12.5. The molecule has 0 heterocycles. The molecule has 0 saturated heterocycles. The van der Waals surface area contributed by atoms with Crippen LogP contribution < -0.4 is 10.6 Å². The van der Waals surface area contributed by atoms with E-state index in [4.69, 9.17) is 4.74 Å². The number of alkyl carbamates (subject to hydrolysis) is 1. The maximum atomic E-state index is 12.8. The van der Waals surface area contributed by atoms with E-state index < -0.39 is 17.6 Å². The highest BCUT2D eigenvalue weighted by Crippen LogP contribution is 2.44. The van der Waals surface area contributed by atoms with Crippen molar-refractivity contribution in [3.05, 3.63) is 59.7 Å². The zero-order valence-electron chi connectivity index (χ0n) is 20.0. The van der Waals surface area contributed by atoms with Crippen molar-refractivity contribution >= 4 is 18.0 Å². The molecule has 3 aliphatic rings. The number of nitrogens with one attached hydrogen (secondary N) is 2. The minimum Gasteiger partial charge on any atom is -0.480 e. The van der Waals surface area contributed by atoms with Gasteiger partial charge in [-0.25, -0.2) is 9.59 Å². The summed E-state index contributed by atoms with van der Waals surface area (Å²) in [6, 6.07) is 16.4. The van der Waals surface area contributed by atoms with Gasteiger partial charge in [-0.15, -0.1) is 0 Å². The molecular formula is C28H32N2O5. The van der Waals surface area contributed by atoms with Crippen molar-refractivity contribution in [2.45, 2.75) is 50.5 Å². The Bertz CT molecular complexity index is 1100. The molecule has 3 N–H and O–H groups in total. The van der Waals surface area contributed by atoms with Crippen LogP contribution in [0.2, 0.25) is 0 Å². The molecule has 5 rings (SSSR count). The first-order chi connectivity index (χ1) is 16.9. The first kappa shape index (κ1) is 23.4. The maximum Gasteiger partial charge on any atom is 0.407 e. The second-order valence-electron chi connectivity index (χ2n) is 10.4. The van der Waals surface area contributed by atoms with Gasteiger partial charge in [-0.1, -0.05) is 68.3 Å². The molecule has 7 nitrogen and oxygen atoms in total. The minimum absolute atomic E-state index is 0.00213. The average molecular weight is 477 g/mol. The van der Waals surface area contributed by atoms with Crippen molar-refractivity contribution < 1.29 is 24.2 Å². The van der Waals surface area contributed by atoms with Gasteiger partial charge in [0.2, 0.25) is 5.91 Å². The van der Waals surface area contributed by atoms with E-state index in [0.717, 1.165) is 24.0 Å². The van der Waals surface area contributed by atoms with Gasteiger partial charge in [0.1, 0.15) is 12.1 Å². The van der Waals surface area contributed by atoms with Gasteiger partial charge < -0.3 is 20.5 Å². The molecule has 2 fully saturated rings. The third-order valence-electron chi connectivity index (χ3n) is 7.88. The number of aliphatic carboxylic acids is 1. The molecule has 2 saturated carbocycles. The number of fused-ring (bicyclic) bond motifs is 3. The number of carboxylic acid groups (broad SMARTS) is 1. The third kappa shape index (κ3) is 4.64. The Hall–Kier alpha value is -3.35. The Morgan fingerprint density at radius 3 is 2.34 bits per heavy atom. The number of hydrogen-bond acceptors (Lipinski definition) is 4. The van der Waals surface area contributed by atoms with Gasteiger partial charge in [0.15, 0.2) is 0 Å². The first-order valence-electron chi connectivity index (χ1n) is 12.5. The molecule has 4 atom stereocenters. The number of benzene rings is 2. The van der Waals surface area contributed by atoms with Crippen LogP contribution in [0, 0.1) is 17.8 Å². The molecule has 2 aromatic rings. The van der Waals surface area contributed by atoms with Crippen molar-refractivity contribution in [2.75, 3.05) is 13.2 Å². The van der Waals surface area contributed by atoms with Crippen LogP contribution in [0.15, 0.2) is 48.5 Å². The molecule has 184 valence electrons. The summed E-state index contributed by atoms with van der Waals surface area (Å²) in [5.74, 6) is -1.17. The molecule has 7 heteroatoms. The Morgan fingerprint density at radius 2 is 1.71 bits per heavy atom. The van der Waals surface area contributed by atoms with Gasteiger partial charge >= 0.3 is 12.1 Å². The van der Waals surface area contributed by atoms with E-state index in [1.54, 1.807) is 0 Å². The maximum absolute atomic E-state index is 12.8. The Morgan fingerprint density at radius 1 is 1.06 bits per heavy atom. The van der Waals surface area contributed by atoms with Gasteiger partial charge in [-0.2, -0.15) is 0 Å². The van der Waals surface area contributed by atoms with Gasteiger partial charge in [-0.05, 0) is 53.4 Å². The average Bonchev–Trinajstić information content (AvgIpc) is 3.57. The molecular weight excluding hydrogens is 444 g/mol. The molecule has 3 aliphatic carbocycles.